The number of ether oxygens (including phenoxy) is 2. The van der Waals surface area contributed by atoms with E-state index in [4.69, 9.17) is 9.47 Å². The smallest absolute Gasteiger partial charge is 0.0576 e. The second-order valence-electron chi connectivity index (χ2n) is 15.4. The van der Waals surface area contributed by atoms with Crippen molar-refractivity contribution < 1.29 is 9.47 Å². The Labute approximate surface area is 273 Å². The Kier molecular flexibility index (Phi) is 19.8. The van der Waals surface area contributed by atoms with Crippen molar-refractivity contribution >= 4 is 11.8 Å². The van der Waals surface area contributed by atoms with E-state index >= 15 is 0 Å². The summed E-state index contributed by atoms with van der Waals surface area (Å²) >= 11 is 2.55. The van der Waals surface area contributed by atoms with E-state index in [1.807, 2.05) is 0 Å². The van der Waals surface area contributed by atoms with Gasteiger partial charge in [-0.15, -0.1) is 0 Å². The first-order chi connectivity index (χ1) is 21.4. The number of hydrogen-bond acceptors (Lipinski definition) is 3. The minimum absolute atomic E-state index is 0.601. The van der Waals surface area contributed by atoms with Crippen molar-refractivity contribution in [3.05, 3.63) is 0 Å². The number of unbranched alkanes of at least 4 members (excludes halogenated alkanes) is 12. The summed E-state index contributed by atoms with van der Waals surface area (Å²) in [5.41, 5.74) is 0. The lowest BCUT2D eigenvalue weighted by atomic mass is 9.84. The number of rotatable bonds is 24. The van der Waals surface area contributed by atoms with Crippen molar-refractivity contribution in [1.29, 1.82) is 0 Å². The van der Waals surface area contributed by atoms with Gasteiger partial charge >= 0.3 is 0 Å². The fourth-order valence-corrected chi connectivity index (χ4v) is 11.1. The summed E-state index contributed by atoms with van der Waals surface area (Å²) in [6.45, 7) is 2.03. The van der Waals surface area contributed by atoms with Gasteiger partial charge in [-0.1, -0.05) is 128 Å². The lowest BCUT2D eigenvalue weighted by molar-refractivity contribution is 0.102. The monoisotopic (exact) mass is 619 g/mol. The van der Waals surface area contributed by atoms with Crippen LogP contribution in [-0.2, 0) is 9.47 Å². The first-order valence-corrected chi connectivity index (χ1v) is 21.2. The molecule has 0 aromatic heterocycles. The Bertz CT molecular complexity index is 576. The van der Waals surface area contributed by atoms with E-state index < -0.39 is 0 Å². The van der Waals surface area contributed by atoms with Crippen LogP contribution in [0.2, 0.25) is 0 Å². The molecule has 0 aromatic rings. The first kappa shape index (κ1) is 36.1. The fourth-order valence-electron chi connectivity index (χ4n) is 9.01. The molecule has 0 spiro atoms. The lowest BCUT2D eigenvalue weighted by Gasteiger charge is -2.37. The van der Waals surface area contributed by atoms with Crippen molar-refractivity contribution in [2.75, 3.05) is 13.2 Å². The topological polar surface area (TPSA) is 18.5 Å². The first-order valence-electron chi connectivity index (χ1n) is 20.3. The maximum absolute atomic E-state index is 5.81. The highest BCUT2D eigenvalue weighted by Gasteiger charge is 2.31. The van der Waals surface area contributed by atoms with Crippen LogP contribution >= 0.6 is 11.8 Å². The summed E-state index contributed by atoms with van der Waals surface area (Å²) < 4.78 is 11.6. The zero-order chi connectivity index (χ0) is 29.6. The quantitative estimate of drug-likeness (QED) is 0.100. The van der Waals surface area contributed by atoms with E-state index in [1.54, 1.807) is 0 Å². The van der Waals surface area contributed by atoms with Gasteiger partial charge in [0.2, 0.25) is 0 Å². The van der Waals surface area contributed by atoms with Gasteiger partial charge in [0.1, 0.15) is 0 Å². The predicted octanol–water partition coefficient (Wildman–Crippen LogP) is 13.0. The largest absolute Gasteiger partial charge is 0.378 e. The SMILES string of the molecule is C(CCCCC1CCCO1)CCCCC(SC(CCCCCCCCCC1CCCO1)C1CCCCC1)C1CCCCC1. The summed E-state index contributed by atoms with van der Waals surface area (Å²) in [5, 5.41) is 1.92. The number of hydrogen-bond donors (Lipinski definition) is 0. The lowest BCUT2D eigenvalue weighted by Crippen LogP contribution is -2.28. The molecule has 2 saturated heterocycles. The van der Waals surface area contributed by atoms with Crippen LogP contribution in [-0.4, -0.2) is 35.9 Å². The van der Waals surface area contributed by atoms with Crippen molar-refractivity contribution in [3.8, 4) is 0 Å². The molecule has 0 radical (unpaired) electrons. The Morgan fingerprint density at radius 3 is 1.14 bits per heavy atom. The van der Waals surface area contributed by atoms with Crippen LogP contribution in [0.1, 0.15) is 205 Å². The van der Waals surface area contributed by atoms with Crippen molar-refractivity contribution in [2.45, 2.75) is 228 Å². The third-order valence-corrected chi connectivity index (χ3v) is 13.7. The highest BCUT2D eigenvalue weighted by Crippen LogP contribution is 2.43. The molecule has 2 nitrogen and oxygen atoms in total. The summed E-state index contributed by atoms with van der Waals surface area (Å²) in [7, 11) is 0. The Morgan fingerprint density at radius 2 is 0.767 bits per heavy atom. The van der Waals surface area contributed by atoms with Crippen LogP contribution in [0.4, 0.5) is 0 Å². The maximum atomic E-state index is 5.81. The Balaban J connectivity index is 1.11. The molecule has 0 aromatic carbocycles. The second kappa shape index (κ2) is 23.6. The van der Waals surface area contributed by atoms with Gasteiger partial charge in [-0.2, -0.15) is 11.8 Å². The normalized spacial score (nSPS) is 25.4. The third-order valence-electron chi connectivity index (χ3n) is 11.8. The summed E-state index contributed by atoms with van der Waals surface area (Å²) in [5.74, 6) is 2.05. The van der Waals surface area contributed by atoms with Crippen LogP contribution in [0.15, 0.2) is 0 Å². The van der Waals surface area contributed by atoms with Gasteiger partial charge in [0.15, 0.2) is 0 Å². The van der Waals surface area contributed by atoms with Crippen molar-refractivity contribution in [1.82, 2.24) is 0 Å². The van der Waals surface area contributed by atoms with Crippen LogP contribution in [0, 0.1) is 11.8 Å². The van der Waals surface area contributed by atoms with Crippen LogP contribution in [0.25, 0.3) is 0 Å². The van der Waals surface area contributed by atoms with Crippen LogP contribution in [0.5, 0.6) is 0 Å². The maximum Gasteiger partial charge on any atom is 0.0576 e. The van der Waals surface area contributed by atoms with Gasteiger partial charge in [0, 0.05) is 23.7 Å². The van der Waals surface area contributed by atoms with E-state index in [2.05, 4.69) is 11.8 Å². The molecule has 252 valence electrons. The summed E-state index contributed by atoms with van der Waals surface area (Å²) in [6, 6.07) is 0. The van der Waals surface area contributed by atoms with Gasteiger partial charge in [-0.25, -0.2) is 0 Å². The molecule has 4 aliphatic rings. The zero-order valence-corrected chi connectivity index (χ0v) is 29.5. The minimum Gasteiger partial charge on any atom is -0.378 e. The van der Waals surface area contributed by atoms with Gasteiger partial charge < -0.3 is 9.47 Å². The standard InChI is InChI=1S/C40H74O2S/c1(3-7-17-27-37-29-21-33-41-37)5-9-19-31-39(35-23-13-11-14-24-35)43-40(36-25-15-12-16-26-36)32-20-10-6-2-4-8-18-28-38-30-22-34-42-38/h35-40H,1-34H2. The Morgan fingerprint density at radius 1 is 0.395 bits per heavy atom. The highest BCUT2D eigenvalue weighted by atomic mass is 32.2. The third kappa shape index (κ3) is 15.6. The molecule has 2 saturated carbocycles. The molecule has 4 rings (SSSR count). The highest BCUT2D eigenvalue weighted by molar-refractivity contribution is 8.00. The van der Waals surface area contributed by atoms with E-state index in [-0.39, 0.29) is 0 Å². The molecule has 43 heavy (non-hydrogen) atoms. The average Bonchev–Trinajstić information content (AvgIpc) is 3.77. The van der Waals surface area contributed by atoms with Crippen LogP contribution in [0.3, 0.4) is 0 Å². The molecule has 4 unspecified atom stereocenters. The van der Waals surface area contributed by atoms with Crippen molar-refractivity contribution in [2.24, 2.45) is 11.8 Å². The predicted molar refractivity (Wildman–Crippen MR) is 189 cm³/mol. The second-order valence-corrected chi connectivity index (χ2v) is 16.9. The van der Waals surface area contributed by atoms with Gasteiger partial charge in [-0.05, 0) is 88.9 Å². The summed E-state index contributed by atoms with van der Waals surface area (Å²) in [6.07, 6.45) is 47.7. The van der Waals surface area contributed by atoms with Gasteiger partial charge in [0.25, 0.3) is 0 Å². The molecule has 0 amide bonds. The van der Waals surface area contributed by atoms with Crippen LogP contribution < -0.4 is 0 Å². The zero-order valence-electron chi connectivity index (χ0n) is 28.7. The molecule has 4 fully saturated rings. The molecule has 4 atom stereocenters. The molecule has 2 aliphatic heterocycles. The Hall–Kier alpha value is 0.270. The van der Waals surface area contributed by atoms with E-state index in [9.17, 15) is 0 Å². The van der Waals surface area contributed by atoms with E-state index in [0.29, 0.717) is 12.2 Å². The molecule has 0 N–H and O–H groups in total. The van der Waals surface area contributed by atoms with Gasteiger partial charge in [-0.3, -0.25) is 0 Å². The molecule has 0 bridgehead atoms. The van der Waals surface area contributed by atoms with Gasteiger partial charge in [0.05, 0.1) is 12.2 Å². The molecule has 2 aliphatic carbocycles. The number of thioether (sulfide) groups is 1. The van der Waals surface area contributed by atoms with E-state index in [0.717, 1.165) is 35.5 Å². The minimum atomic E-state index is 0.601. The van der Waals surface area contributed by atoms with Crippen molar-refractivity contribution in [3.63, 3.8) is 0 Å². The fraction of sp³-hybridized carbons (Fsp3) is 1.00. The molecular formula is C40H74O2S. The summed E-state index contributed by atoms with van der Waals surface area (Å²) in [4.78, 5) is 0. The average molecular weight is 619 g/mol. The molecule has 3 heteroatoms. The van der Waals surface area contributed by atoms with E-state index in [1.165, 1.54) is 205 Å². The molecule has 2 heterocycles. The molecular weight excluding hydrogens is 545 g/mol.